The number of halogens is 4. The second-order valence-corrected chi connectivity index (χ2v) is 16.6. The Kier molecular flexibility index (Phi) is 9.86. The molecular weight excluding hydrogens is 911 g/mol. The van der Waals surface area contributed by atoms with Crippen LogP contribution in [-0.2, 0) is 24.6 Å². The minimum absolute atomic E-state index is 0.00619. The number of fused-ring (bicyclic) bond motifs is 4. The highest BCUT2D eigenvalue weighted by molar-refractivity contribution is 9.13. The molecule has 13 nitrogen and oxygen atoms in total. The van der Waals surface area contributed by atoms with Crippen LogP contribution >= 0.6 is 55.1 Å². The second kappa shape index (κ2) is 14.5. The highest BCUT2D eigenvalue weighted by Gasteiger charge is 2.70. The maximum absolute atomic E-state index is 15.6. The minimum atomic E-state index is -1.68. The molecule has 4 aromatic carbocycles. The van der Waals surface area contributed by atoms with Gasteiger partial charge in [-0.3, -0.25) is 39.6 Å². The normalized spacial score (nSPS) is 25.2. The first-order valence-corrected chi connectivity index (χ1v) is 19.9. The molecule has 0 bridgehead atoms. The number of rotatable bonds is 8. The fourth-order valence-electron chi connectivity index (χ4n) is 9.14. The van der Waals surface area contributed by atoms with Crippen LogP contribution in [-0.4, -0.2) is 52.9 Å². The summed E-state index contributed by atoms with van der Waals surface area (Å²) in [4.78, 5) is 71.2. The third-order valence-corrected chi connectivity index (χ3v) is 14.3. The van der Waals surface area contributed by atoms with Gasteiger partial charge in [0.1, 0.15) is 5.75 Å². The van der Waals surface area contributed by atoms with Crippen LogP contribution in [0.15, 0.2) is 93.4 Å². The maximum atomic E-state index is 15.6. The number of ether oxygens (including phenoxy) is 2. The topological polar surface area (TPSA) is 169 Å². The Labute approximate surface area is 351 Å². The summed E-state index contributed by atoms with van der Waals surface area (Å²) in [6, 6.07) is 18.2. The predicted octanol–water partition coefficient (Wildman–Crippen LogP) is 8.34. The smallest absolute Gasteiger partial charge is 0.269 e. The summed E-state index contributed by atoms with van der Waals surface area (Å²) in [6.07, 6.45) is 2.00. The number of non-ortho nitro benzene ring substituents is 1. The van der Waals surface area contributed by atoms with Crippen LogP contribution in [0.4, 0.5) is 17.1 Å². The molecule has 6 atom stereocenters. The van der Waals surface area contributed by atoms with Gasteiger partial charge in [0, 0.05) is 27.5 Å². The van der Waals surface area contributed by atoms with Gasteiger partial charge in [-0.15, -0.1) is 0 Å². The van der Waals surface area contributed by atoms with Crippen molar-refractivity contribution in [1.82, 2.24) is 5.01 Å². The van der Waals surface area contributed by atoms with E-state index < -0.39 is 63.6 Å². The Morgan fingerprint density at radius 3 is 2.23 bits per heavy atom. The van der Waals surface area contributed by atoms with Gasteiger partial charge in [0.05, 0.1) is 63.2 Å². The predicted molar refractivity (Wildman–Crippen MR) is 216 cm³/mol. The number of hydrogen-bond donors (Lipinski definition) is 2. The third kappa shape index (κ3) is 5.83. The van der Waals surface area contributed by atoms with Crippen molar-refractivity contribution in [3.8, 4) is 17.2 Å². The number of methoxy groups -OCH3 is 2. The Morgan fingerprint density at radius 2 is 1.60 bits per heavy atom. The van der Waals surface area contributed by atoms with Crippen LogP contribution in [0.25, 0.3) is 0 Å². The first-order chi connectivity index (χ1) is 27.2. The molecule has 0 spiro atoms. The lowest BCUT2D eigenvalue weighted by molar-refractivity contribution is -0.384. The summed E-state index contributed by atoms with van der Waals surface area (Å²) in [5.41, 5.74) is 3.08. The van der Waals surface area contributed by atoms with Gasteiger partial charge in [0.2, 0.25) is 11.8 Å². The van der Waals surface area contributed by atoms with Gasteiger partial charge in [-0.2, -0.15) is 5.01 Å². The molecule has 2 N–H and O–H groups in total. The number of phenolic OH excluding ortho intramolecular Hbond substituents is 1. The summed E-state index contributed by atoms with van der Waals surface area (Å²) >= 11 is 19.9. The van der Waals surface area contributed by atoms with Crippen molar-refractivity contribution in [2.45, 2.75) is 24.2 Å². The maximum Gasteiger partial charge on any atom is 0.269 e. The molecule has 4 amide bonds. The van der Waals surface area contributed by atoms with E-state index in [1.807, 2.05) is 6.08 Å². The zero-order chi connectivity index (χ0) is 40.7. The molecule has 0 aromatic heterocycles. The van der Waals surface area contributed by atoms with Crippen LogP contribution in [0, 0.1) is 33.8 Å². The lowest BCUT2D eigenvalue weighted by atomic mass is 9.49. The highest BCUT2D eigenvalue weighted by Crippen LogP contribution is 2.66. The number of nitrogens with one attached hydrogen (secondary N) is 1. The monoisotopic (exact) mass is 938 g/mol. The highest BCUT2D eigenvalue weighted by atomic mass is 79.9. The number of hydrogen-bond acceptors (Lipinski definition) is 10. The molecule has 4 aromatic rings. The minimum Gasteiger partial charge on any atom is -0.503 e. The molecule has 3 fully saturated rings. The van der Waals surface area contributed by atoms with E-state index in [-0.39, 0.29) is 50.9 Å². The first-order valence-electron chi connectivity index (χ1n) is 17.6. The van der Waals surface area contributed by atoms with E-state index in [9.17, 15) is 24.8 Å². The van der Waals surface area contributed by atoms with Crippen LogP contribution < -0.4 is 19.8 Å². The molecule has 17 heteroatoms. The van der Waals surface area contributed by atoms with E-state index in [0.717, 1.165) is 9.91 Å². The number of phenols is 1. The number of anilines is 2. The van der Waals surface area contributed by atoms with Crippen molar-refractivity contribution in [2.75, 3.05) is 24.5 Å². The third-order valence-electron chi connectivity index (χ3n) is 11.6. The number of nitrogens with zero attached hydrogens (tertiary/aromatic N) is 3. The van der Waals surface area contributed by atoms with Crippen LogP contribution in [0.5, 0.6) is 17.2 Å². The molecule has 2 saturated heterocycles. The quantitative estimate of drug-likeness (QED) is 0.0759. The SMILES string of the molecule is COc1ccc(C23C(=O)N(Nc4ccc(Cl)cc4Cl)C(=O)C2CC2C(=CCC4C(=O)N(c5ccc([N+](=O)[O-])cc5)C(=O)C42)C3c2cc(OC)c(O)c(Br)c2Br)cc1. The van der Waals surface area contributed by atoms with Crippen molar-refractivity contribution < 1.29 is 38.7 Å². The van der Waals surface area contributed by atoms with Crippen molar-refractivity contribution in [3.63, 3.8) is 0 Å². The lowest BCUT2D eigenvalue weighted by Crippen LogP contribution is -2.53. The van der Waals surface area contributed by atoms with Crippen molar-refractivity contribution in [3.05, 3.63) is 125 Å². The average molecular weight is 941 g/mol. The van der Waals surface area contributed by atoms with E-state index >= 15 is 9.59 Å². The van der Waals surface area contributed by atoms with Gasteiger partial charge in [-0.1, -0.05) is 47.0 Å². The fraction of sp³-hybridized carbons (Fsp3) is 0.250. The van der Waals surface area contributed by atoms with Crippen molar-refractivity contribution in [1.29, 1.82) is 0 Å². The summed E-state index contributed by atoms with van der Waals surface area (Å²) in [7, 11) is 2.90. The van der Waals surface area contributed by atoms with E-state index in [2.05, 4.69) is 37.3 Å². The number of hydrazine groups is 1. The number of nitro groups is 1. The van der Waals surface area contributed by atoms with Crippen LogP contribution in [0.2, 0.25) is 10.0 Å². The number of nitro benzene ring substituents is 1. The van der Waals surface area contributed by atoms with E-state index in [1.165, 1.54) is 44.6 Å². The Bertz CT molecular complexity index is 2450. The zero-order valence-electron chi connectivity index (χ0n) is 29.9. The van der Waals surface area contributed by atoms with Crippen molar-refractivity contribution >= 4 is 95.8 Å². The Hall–Kier alpha value is -4.96. The molecule has 1 saturated carbocycles. The number of benzene rings is 4. The molecular formula is C40H30Br2Cl2N4O9. The molecule has 0 radical (unpaired) electrons. The number of carbonyl (C=O) groups is 4. The van der Waals surface area contributed by atoms with Gasteiger partial charge in [0.15, 0.2) is 11.5 Å². The number of amides is 4. The van der Waals surface area contributed by atoms with E-state index in [0.29, 0.717) is 31.9 Å². The van der Waals surface area contributed by atoms with Gasteiger partial charge >= 0.3 is 0 Å². The summed E-state index contributed by atoms with van der Waals surface area (Å²) in [5.74, 6) is -6.42. The largest absolute Gasteiger partial charge is 0.503 e. The van der Waals surface area contributed by atoms with Gasteiger partial charge < -0.3 is 14.6 Å². The Morgan fingerprint density at radius 1 is 0.895 bits per heavy atom. The van der Waals surface area contributed by atoms with Gasteiger partial charge in [-0.05, 0) is 110 Å². The molecule has 2 aliphatic heterocycles. The average Bonchev–Trinajstić information content (AvgIpc) is 3.58. The molecule has 57 heavy (non-hydrogen) atoms. The van der Waals surface area contributed by atoms with Crippen LogP contribution in [0.1, 0.15) is 29.9 Å². The van der Waals surface area contributed by atoms with Crippen LogP contribution in [0.3, 0.4) is 0 Å². The number of carbonyl (C=O) groups excluding carboxylic acids is 4. The summed E-state index contributed by atoms with van der Waals surface area (Å²) < 4.78 is 11.7. The summed E-state index contributed by atoms with van der Waals surface area (Å²) in [5, 5.41) is 23.9. The second-order valence-electron chi connectivity index (χ2n) is 14.1. The molecule has 8 rings (SSSR count). The fourth-order valence-corrected chi connectivity index (χ4v) is 10.5. The molecule has 292 valence electrons. The van der Waals surface area contributed by atoms with Crippen molar-refractivity contribution in [2.24, 2.45) is 23.7 Å². The summed E-state index contributed by atoms with van der Waals surface area (Å²) in [6.45, 7) is 0. The Balaban J connectivity index is 1.35. The standard InChI is InChI=1S/C40H30Br2Cl2N4O9/c1-56-22-10-3-18(4-11-22)40-27(37(51)47(39(40)53)45-29-14-5-19(43)15-28(29)44)16-25-23(32(40)26-17-30(57-2)35(49)34(42)33(26)41)12-13-24-31(25)38(52)46(36(24)50)20-6-8-21(9-7-20)48(54)55/h3-12,14-15,17,24-25,27,31-32,45,49H,13,16H2,1-2H3. The van der Waals surface area contributed by atoms with Gasteiger partial charge in [-0.25, -0.2) is 0 Å². The number of allylic oxidation sites excluding steroid dienone is 2. The molecule has 4 aliphatic rings. The number of imide groups is 2. The lowest BCUT2D eigenvalue weighted by Gasteiger charge is -2.51. The number of aromatic hydroxyl groups is 1. The van der Waals surface area contributed by atoms with E-state index in [1.54, 1.807) is 42.5 Å². The van der Waals surface area contributed by atoms with E-state index in [4.69, 9.17) is 32.7 Å². The van der Waals surface area contributed by atoms with Gasteiger partial charge in [0.25, 0.3) is 17.5 Å². The zero-order valence-corrected chi connectivity index (χ0v) is 34.6. The first kappa shape index (κ1) is 38.9. The molecule has 2 heterocycles. The molecule has 2 aliphatic carbocycles. The molecule has 6 unspecified atom stereocenters.